The molecule has 0 aliphatic rings. The summed E-state index contributed by atoms with van der Waals surface area (Å²) in [5, 5.41) is 0. The largest absolute Gasteiger partial charge is 0.460 e. The number of rotatable bonds is 9. The van der Waals surface area contributed by atoms with Crippen LogP contribution in [0.3, 0.4) is 0 Å². The minimum atomic E-state index is -6.56. The first-order valence-corrected chi connectivity index (χ1v) is 7.28. The van der Waals surface area contributed by atoms with E-state index in [1.165, 1.54) is 13.8 Å². The van der Waals surface area contributed by atoms with Gasteiger partial charge in [0.1, 0.15) is 0 Å². The van der Waals surface area contributed by atoms with Crippen molar-refractivity contribution in [2.75, 3.05) is 19.8 Å². The van der Waals surface area contributed by atoms with E-state index < -0.39 is 61.2 Å². The lowest BCUT2D eigenvalue weighted by molar-refractivity contribution is -0.359. The van der Waals surface area contributed by atoms with Crippen molar-refractivity contribution in [2.45, 2.75) is 45.2 Å². The van der Waals surface area contributed by atoms with Gasteiger partial charge in [0.2, 0.25) is 0 Å². The highest BCUT2D eigenvalue weighted by molar-refractivity contribution is 5.81. The van der Waals surface area contributed by atoms with Crippen molar-refractivity contribution >= 4 is 17.9 Å². The maximum atomic E-state index is 12.9. The molecule has 158 valence electrons. The van der Waals surface area contributed by atoms with Gasteiger partial charge in [0.15, 0.2) is 19.8 Å². The molecular weight excluding hydrogens is 397 g/mol. The highest BCUT2D eigenvalue weighted by Crippen LogP contribution is 2.46. The second kappa shape index (κ2) is 8.74. The van der Waals surface area contributed by atoms with Gasteiger partial charge in [0, 0.05) is 0 Å². The van der Waals surface area contributed by atoms with Crippen LogP contribution in [-0.2, 0) is 28.6 Å². The molecule has 0 amide bonds. The minimum absolute atomic E-state index is 0.379. The normalized spacial score (nSPS) is 13.1. The molecule has 0 aromatic carbocycles. The maximum Gasteiger partial charge on any atom is 0.460 e. The van der Waals surface area contributed by atoms with E-state index in [9.17, 15) is 45.1 Å². The number of halogens is 7. The first kappa shape index (κ1) is 24.9. The lowest BCUT2D eigenvalue weighted by atomic mass is 9.91. The number of ether oxygens (including phenoxy) is 3. The quantitative estimate of drug-likeness (QED) is 0.328. The first-order chi connectivity index (χ1) is 12.0. The van der Waals surface area contributed by atoms with Crippen LogP contribution in [0.25, 0.3) is 0 Å². The molecule has 0 aliphatic heterocycles. The lowest BCUT2D eigenvalue weighted by Gasteiger charge is -2.27. The zero-order chi connectivity index (χ0) is 21.7. The van der Waals surface area contributed by atoms with Gasteiger partial charge in [-0.1, -0.05) is 6.92 Å². The van der Waals surface area contributed by atoms with Crippen molar-refractivity contribution in [1.82, 2.24) is 0 Å². The van der Waals surface area contributed by atoms with Crippen molar-refractivity contribution < 1.29 is 59.3 Å². The van der Waals surface area contributed by atoms with Crippen LogP contribution >= 0.6 is 0 Å². The van der Waals surface area contributed by atoms with Gasteiger partial charge in [-0.2, -0.15) is 30.7 Å². The molecule has 13 heteroatoms. The smallest absolute Gasteiger partial charge is 0.456 e. The molecule has 27 heavy (non-hydrogen) atoms. The van der Waals surface area contributed by atoms with Crippen LogP contribution in [0.4, 0.5) is 30.7 Å². The summed E-state index contributed by atoms with van der Waals surface area (Å²) in [7, 11) is 0. The molecule has 0 atom stereocenters. The van der Waals surface area contributed by atoms with Gasteiger partial charge in [-0.3, -0.25) is 4.79 Å². The molecule has 0 unspecified atom stereocenters. The van der Waals surface area contributed by atoms with Gasteiger partial charge in [-0.25, -0.2) is 9.59 Å². The fourth-order valence-corrected chi connectivity index (χ4v) is 1.16. The van der Waals surface area contributed by atoms with Crippen molar-refractivity contribution in [2.24, 2.45) is 5.41 Å². The predicted molar refractivity (Wildman–Crippen MR) is 72.9 cm³/mol. The van der Waals surface area contributed by atoms with E-state index in [1.807, 2.05) is 0 Å². The fraction of sp³-hybridized carbons (Fsp3) is 0.786. The SMILES string of the molecule is CCC(C)(C)C(=O)OCC(=O)OCC(=O)OCC(F)(F)C(F)(F)C(F)(F)F. The standard InChI is InChI=1S/C14H17F7O6/c1-4-11(2,3)10(24)26-6-8(22)25-5-9(23)27-7-12(15,16)13(17,18)14(19,20)21/h4-7H2,1-3H3. The molecule has 6 nitrogen and oxygen atoms in total. The highest BCUT2D eigenvalue weighted by atomic mass is 19.4. The molecule has 0 aromatic rings. The van der Waals surface area contributed by atoms with E-state index in [4.69, 9.17) is 0 Å². The Bertz CT molecular complexity index is 557. The average molecular weight is 414 g/mol. The summed E-state index contributed by atoms with van der Waals surface area (Å²) in [6.07, 6.45) is -6.19. The Morgan fingerprint density at radius 2 is 1.22 bits per heavy atom. The van der Waals surface area contributed by atoms with Gasteiger partial charge in [-0.05, 0) is 20.3 Å². The Labute approximate surface area is 148 Å². The van der Waals surface area contributed by atoms with Gasteiger partial charge in [-0.15, -0.1) is 0 Å². The third-order valence-corrected chi connectivity index (χ3v) is 3.34. The van der Waals surface area contributed by atoms with Crippen molar-refractivity contribution in [3.63, 3.8) is 0 Å². The van der Waals surface area contributed by atoms with Crippen LogP contribution < -0.4 is 0 Å². The van der Waals surface area contributed by atoms with Crippen molar-refractivity contribution in [3.05, 3.63) is 0 Å². The van der Waals surface area contributed by atoms with Crippen LogP contribution in [0.1, 0.15) is 27.2 Å². The zero-order valence-electron chi connectivity index (χ0n) is 14.4. The summed E-state index contributed by atoms with van der Waals surface area (Å²) in [5.74, 6) is -16.0. The van der Waals surface area contributed by atoms with Gasteiger partial charge in [0.05, 0.1) is 5.41 Å². The number of hydrogen-bond acceptors (Lipinski definition) is 6. The predicted octanol–water partition coefficient (Wildman–Crippen LogP) is 2.89. The summed E-state index contributed by atoms with van der Waals surface area (Å²) in [6.45, 7) is -0.161. The number of carbonyl (C=O) groups excluding carboxylic acids is 3. The van der Waals surface area contributed by atoms with Crippen LogP contribution in [0.2, 0.25) is 0 Å². The summed E-state index contributed by atoms with van der Waals surface area (Å²) < 4.78 is 98.9. The Kier molecular flexibility index (Phi) is 8.07. The molecule has 0 heterocycles. The summed E-state index contributed by atoms with van der Waals surface area (Å²) >= 11 is 0. The molecule has 0 N–H and O–H groups in total. The van der Waals surface area contributed by atoms with E-state index in [2.05, 4.69) is 14.2 Å². The van der Waals surface area contributed by atoms with Gasteiger partial charge in [0.25, 0.3) is 0 Å². The van der Waals surface area contributed by atoms with Crippen LogP contribution in [0, 0.1) is 5.41 Å². The topological polar surface area (TPSA) is 78.9 Å². The Balaban J connectivity index is 4.42. The molecule has 0 saturated carbocycles. The molecule has 0 fully saturated rings. The molecule has 0 bridgehead atoms. The minimum Gasteiger partial charge on any atom is -0.456 e. The van der Waals surface area contributed by atoms with Crippen LogP contribution in [-0.4, -0.2) is 55.7 Å². The maximum absolute atomic E-state index is 12.9. The summed E-state index contributed by atoms with van der Waals surface area (Å²) in [5.41, 5.74) is -0.908. The Morgan fingerprint density at radius 3 is 1.67 bits per heavy atom. The van der Waals surface area contributed by atoms with E-state index in [0.717, 1.165) is 0 Å². The van der Waals surface area contributed by atoms with Gasteiger partial charge >= 0.3 is 35.9 Å². The number of hydrogen-bond donors (Lipinski definition) is 0. The molecule has 0 aliphatic carbocycles. The zero-order valence-corrected chi connectivity index (χ0v) is 14.4. The molecule has 0 radical (unpaired) electrons. The number of carbonyl (C=O) groups is 3. The molecule has 0 spiro atoms. The Hall–Kier alpha value is -2.08. The second-order valence-corrected chi connectivity index (χ2v) is 5.91. The molecule has 0 rings (SSSR count). The van der Waals surface area contributed by atoms with Crippen molar-refractivity contribution in [3.8, 4) is 0 Å². The highest BCUT2D eigenvalue weighted by Gasteiger charge is 2.73. The van der Waals surface area contributed by atoms with E-state index in [-0.39, 0.29) is 0 Å². The monoisotopic (exact) mass is 414 g/mol. The third kappa shape index (κ3) is 6.86. The Morgan fingerprint density at radius 1 is 0.778 bits per heavy atom. The first-order valence-electron chi connectivity index (χ1n) is 7.28. The average Bonchev–Trinajstić information content (AvgIpc) is 2.54. The van der Waals surface area contributed by atoms with Crippen LogP contribution in [0.15, 0.2) is 0 Å². The van der Waals surface area contributed by atoms with Crippen molar-refractivity contribution in [1.29, 1.82) is 0 Å². The van der Waals surface area contributed by atoms with Gasteiger partial charge < -0.3 is 14.2 Å². The molecule has 0 aromatic heterocycles. The number of alkyl halides is 7. The van der Waals surface area contributed by atoms with E-state index in [0.29, 0.717) is 6.42 Å². The lowest BCUT2D eigenvalue weighted by Crippen LogP contribution is -2.54. The molecule has 0 saturated heterocycles. The summed E-state index contributed by atoms with van der Waals surface area (Å²) in [6, 6.07) is 0. The molecular formula is C14H17F7O6. The van der Waals surface area contributed by atoms with E-state index in [1.54, 1.807) is 6.92 Å². The van der Waals surface area contributed by atoms with E-state index >= 15 is 0 Å². The fourth-order valence-electron chi connectivity index (χ4n) is 1.16. The van der Waals surface area contributed by atoms with Crippen LogP contribution in [0.5, 0.6) is 0 Å². The second-order valence-electron chi connectivity index (χ2n) is 5.91. The summed E-state index contributed by atoms with van der Waals surface area (Å²) in [4.78, 5) is 33.8. The third-order valence-electron chi connectivity index (χ3n) is 3.34. The number of esters is 3.